The Balaban J connectivity index is 1.40. The van der Waals surface area contributed by atoms with Crippen molar-refractivity contribution in [3.63, 3.8) is 0 Å². The zero-order valence-corrected chi connectivity index (χ0v) is 13.6. The quantitative estimate of drug-likeness (QED) is 0.904. The highest BCUT2D eigenvalue weighted by atomic mass is 16.5. The van der Waals surface area contributed by atoms with Crippen molar-refractivity contribution in [3.05, 3.63) is 11.7 Å². The van der Waals surface area contributed by atoms with Gasteiger partial charge < -0.3 is 9.84 Å². The second kappa shape index (κ2) is 6.05. The lowest BCUT2D eigenvalue weighted by Gasteiger charge is -2.33. The van der Waals surface area contributed by atoms with Gasteiger partial charge in [0.25, 0.3) is 0 Å². The normalized spacial score (nSPS) is 21.9. The van der Waals surface area contributed by atoms with Gasteiger partial charge in [-0.1, -0.05) is 5.16 Å². The lowest BCUT2D eigenvalue weighted by atomic mass is 9.95. The summed E-state index contributed by atoms with van der Waals surface area (Å²) in [7, 11) is 0. The topological polar surface area (TPSA) is 54.2 Å². The third kappa shape index (κ3) is 4.51. The van der Waals surface area contributed by atoms with Crippen molar-refractivity contribution in [1.29, 1.82) is 0 Å². The summed E-state index contributed by atoms with van der Waals surface area (Å²) in [4.78, 5) is 6.96. The Labute approximate surface area is 127 Å². The predicted octanol–water partition coefficient (Wildman–Crippen LogP) is 2.55. The first kappa shape index (κ1) is 15.0. The second-order valence-corrected chi connectivity index (χ2v) is 7.67. The molecule has 3 rings (SSSR count). The van der Waals surface area contributed by atoms with Gasteiger partial charge in [-0.3, -0.25) is 4.90 Å². The summed E-state index contributed by atoms with van der Waals surface area (Å²) in [6.07, 6.45) is 4.97. The minimum atomic E-state index is 0.222. The molecule has 0 atom stereocenters. The lowest BCUT2D eigenvalue weighted by molar-refractivity contribution is 0.154. The van der Waals surface area contributed by atoms with Crippen LogP contribution < -0.4 is 5.32 Å². The Hall–Kier alpha value is -0.940. The fourth-order valence-electron chi connectivity index (χ4n) is 2.83. The molecule has 5 heteroatoms. The molecule has 1 N–H and O–H groups in total. The van der Waals surface area contributed by atoms with Crippen molar-refractivity contribution in [2.24, 2.45) is 5.92 Å². The van der Waals surface area contributed by atoms with Gasteiger partial charge in [-0.25, -0.2) is 0 Å². The molecule has 1 saturated carbocycles. The van der Waals surface area contributed by atoms with E-state index in [0.29, 0.717) is 5.92 Å². The maximum absolute atomic E-state index is 5.37. The highest BCUT2D eigenvalue weighted by Crippen LogP contribution is 2.38. The first-order chi connectivity index (χ1) is 9.99. The Bertz CT molecular complexity index is 453. The van der Waals surface area contributed by atoms with E-state index < -0.39 is 0 Å². The second-order valence-electron chi connectivity index (χ2n) is 7.67. The molecule has 1 saturated heterocycles. The summed E-state index contributed by atoms with van der Waals surface area (Å²) in [6, 6.07) is 0. The average molecular weight is 292 g/mol. The van der Waals surface area contributed by atoms with Crippen LogP contribution in [0.25, 0.3) is 0 Å². The van der Waals surface area contributed by atoms with Crippen molar-refractivity contribution in [2.45, 2.75) is 64.5 Å². The zero-order chi connectivity index (χ0) is 14.9. The first-order valence-electron chi connectivity index (χ1n) is 8.29. The van der Waals surface area contributed by atoms with Gasteiger partial charge in [-0.05, 0) is 72.0 Å². The SMILES string of the molecule is CC(C)(C)NCC1CCN(Cc2nc(C3CC3)no2)CC1. The van der Waals surface area contributed by atoms with E-state index in [2.05, 4.69) is 41.1 Å². The van der Waals surface area contributed by atoms with Gasteiger partial charge >= 0.3 is 0 Å². The maximum Gasteiger partial charge on any atom is 0.240 e. The van der Waals surface area contributed by atoms with Crippen molar-refractivity contribution < 1.29 is 4.52 Å². The minimum absolute atomic E-state index is 0.222. The van der Waals surface area contributed by atoms with E-state index >= 15 is 0 Å². The predicted molar refractivity (Wildman–Crippen MR) is 82.0 cm³/mol. The summed E-state index contributed by atoms with van der Waals surface area (Å²) < 4.78 is 5.37. The monoisotopic (exact) mass is 292 g/mol. The highest BCUT2D eigenvalue weighted by molar-refractivity contribution is 5.03. The molecule has 0 bridgehead atoms. The van der Waals surface area contributed by atoms with E-state index in [1.165, 1.54) is 25.7 Å². The van der Waals surface area contributed by atoms with Crippen LogP contribution in [0.15, 0.2) is 4.52 Å². The number of likely N-dealkylation sites (tertiary alicyclic amines) is 1. The maximum atomic E-state index is 5.37. The molecule has 21 heavy (non-hydrogen) atoms. The number of rotatable bonds is 5. The molecule has 0 spiro atoms. The van der Waals surface area contributed by atoms with Crippen LogP contribution in [0.3, 0.4) is 0 Å². The molecule has 2 heterocycles. The molecular formula is C16H28N4O. The van der Waals surface area contributed by atoms with Crippen LogP contribution in [0.5, 0.6) is 0 Å². The molecule has 1 aliphatic heterocycles. The molecule has 0 radical (unpaired) electrons. The van der Waals surface area contributed by atoms with Gasteiger partial charge in [0, 0.05) is 11.5 Å². The molecular weight excluding hydrogens is 264 g/mol. The number of aromatic nitrogens is 2. The molecule has 0 amide bonds. The number of hydrogen-bond acceptors (Lipinski definition) is 5. The van der Waals surface area contributed by atoms with E-state index in [1.54, 1.807) is 0 Å². The van der Waals surface area contributed by atoms with Gasteiger partial charge in [0.05, 0.1) is 6.54 Å². The third-order valence-electron chi connectivity index (χ3n) is 4.41. The molecule has 0 unspecified atom stereocenters. The van der Waals surface area contributed by atoms with E-state index in [9.17, 15) is 0 Å². The van der Waals surface area contributed by atoms with E-state index in [1.807, 2.05) is 0 Å². The van der Waals surface area contributed by atoms with Gasteiger partial charge in [-0.15, -0.1) is 0 Å². The Kier molecular flexibility index (Phi) is 4.31. The minimum Gasteiger partial charge on any atom is -0.338 e. The Morgan fingerprint density at radius 3 is 2.52 bits per heavy atom. The smallest absolute Gasteiger partial charge is 0.240 e. The standard InChI is InChI=1S/C16H28N4O/c1-16(2,3)17-10-12-6-8-20(9-7-12)11-14-18-15(19-21-14)13-4-5-13/h12-13,17H,4-11H2,1-3H3. The van der Waals surface area contributed by atoms with E-state index in [4.69, 9.17) is 4.52 Å². The fraction of sp³-hybridized carbons (Fsp3) is 0.875. The van der Waals surface area contributed by atoms with Crippen LogP contribution in [0.1, 0.15) is 64.1 Å². The molecule has 0 aromatic carbocycles. The van der Waals surface area contributed by atoms with Gasteiger partial charge in [0.2, 0.25) is 5.89 Å². The Morgan fingerprint density at radius 1 is 1.19 bits per heavy atom. The van der Waals surface area contributed by atoms with Crippen LogP contribution in [0.4, 0.5) is 0 Å². The van der Waals surface area contributed by atoms with Gasteiger partial charge in [-0.2, -0.15) is 4.98 Å². The summed E-state index contributed by atoms with van der Waals surface area (Å²) in [5.41, 5.74) is 0.222. The zero-order valence-electron chi connectivity index (χ0n) is 13.6. The molecule has 1 aliphatic carbocycles. The first-order valence-corrected chi connectivity index (χ1v) is 8.29. The third-order valence-corrected chi connectivity index (χ3v) is 4.41. The van der Waals surface area contributed by atoms with Crippen LogP contribution >= 0.6 is 0 Å². The van der Waals surface area contributed by atoms with Gasteiger partial charge in [0.1, 0.15) is 0 Å². The van der Waals surface area contributed by atoms with Crippen LogP contribution in [0, 0.1) is 5.92 Å². The van der Waals surface area contributed by atoms with Crippen LogP contribution in [-0.2, 0) is 6.54 Å². The Morgan fingerprint density at radius 2 is 1.90 bits per heavy atom. The van der Waals surface area contributed by atoms with Crippen LogP contribution in [0.2, 0.25) is 0 Å². The highest BCUT2D eigenvalue weighted by Gasteiger charge is 2.29. The van der Waals surface area contributed by atoms with Crippen molar-refractivity contribution in [1.82, 2.24) is 20.4 Å². The summed E-state index contributed by atoms with van der Waals surface area (Å²) in [5.74, 6) is 3.10. The number of nitrogens with one attached hydrogen (secondary N) is 1. The molecule has 1 aromatic heterocycles. The molecule has 1 aromatic rings. The number of piperidine rings is 1. The van der Waals surface area contributed by atoms with E-state index in [-0.39, 0.29) is 5.54 Å². The average Bonchev–Trinajstić information content (AvgIpc) is 3.18. The molecule has 2 fully saturated rings. The van der Waals surface area contributed by atoms with E-state index in [0.717, 1.165) is 43.8 Å². The fourth-order valence-corrected chi connectivity index (χ4v) is 2.83. The summed E-state index contributed by atoms with van der Waals surface area (Å²) in [6.45, 7) is 10.9. The number of hydrogen-bond donors (Lipinski definition) is 1. The summed E-state index contributed by atoms with van der Waals surface area (Å²) in [5, 5.41) is 7.71. The van der Waals surface area contributed by atoms with Crippen LogP contribution in [-0.4, -0.2) is 40.2 Å². The molecule has 118 valence electrons. The summed E-state index contributed by atoms with van der Waals surface area (Å²) >= 11 is 0. The van der Waals surface area contributed by atoms with Gasteiger partial charge in [0.15, 0.2) is 5.82 Å². The largest absolute Gasteiger partial charge is 0.338 e. The van der Waals surface area contributed by atoms with Crippen molar-refractivity contribution in [2.75, 3.05) is 19.6 Å². The molecule has 2 aliphatic rings. The number of nitrogens with zero attached hydrogens (tertiary/aromatic N) is 3. The molecule has 5 nitrogen and oxygen atoms in total. The lowest BCUT2D eigenvalue weighted by Crippen LogP contribution is -2.42. The van der Waals surface area contributed by atoms with Crippen molar-refractivity contribution in [3.8, 4) is 0 Å². The van der Waals surface area contributed by atoms with Crippen molar-refractivity contribution >= 4 is 0 Å².